The molecule has 0 bridgehead atoms. The summed E-state index contributed by atoms with van der Waals surface area (Å²) in [4.78, 5) is 32.6. The number of nitrogens with zero attached hydrogens (tertiary/aromatic N) is 3. The van der Waals surface area contributed by atoms with Gasteiger partial charge in [0.15, 0.2) is 0 Å². The number of imidazole rings is 1. The molecule has 1 aliphatic heterocycles. The number of fused-ring (bicyclic) bond motifs is 1. The lowest BCUT2D eigenvalue weighted by Crippen LogP contribution is -2.50. The van der Waals surface area contributed by atoms with Gasteiger partial charge in [-0.3, -0.25) is 4.79 Å². The molecule has 0 fully saturated rings. The second-order valence-electron chi connectivity index (χ2n) is 9.54. The summed E-state index contributed by atoms with van der Waals surface area (Å²) < 4.78 is 2.02. The van der Waals surface area contributed by atoms with Crippen LogP contribution in [-0.4, -0.2) is 37.5 Å². The van der Waals surface area contributed by atoms with Crippen molar-refractivity contribution in [3.8, 4) is 0 Å². The Bertz CT molecular complexity index is 1340. The van der Waals surface area contributed by atoms with Gasteiger partial charge in [0, 0.05) is 18.7 Å². The summed E-state index contributed by atoms with van der Waals surface area (Å²) in [5.41, 5.74) is 6.82. The van der Waals surface area contributed by atoms with E-state index in [-0.39, 0.29) is 18.9 Å². The molecule has 0 aliphatic carbocycles. The largest absolute Gasteiger partial charge is 0.480 e. The number of aliphatic carboxylic acids is 1. The summed E-state index contributed by atoms with van der Waals surface area (Å²) in [6, 6.07) is 24.5. The van der Waals surface area contributed by atoms with E-state index in [0.29, 0.717) is 6.54 Å². The second-order valence-corrected chi connectivity index (χ2v) is 9.54. The Labute approximate surface area is 210 Å². The summed E-state index contributed by atoms with van der Waals surface area (Å²) in [6.45, 7) is 4.92. The molecule has 182 valence electrons. The third-order valence-electron chi connectivity index (χ3n) is 6.83. The predicted molar refractivity (Wildman–Crippen MR) is 138 cm³/mol. The number of carboxylic acid groups (broad SMARTS) is 1. The van der Waals surface area contributed by atoms with Crippen molar-refractivity contribution in [3.05, 3.63) is 124 Å². The number of aromatic nitrogens is 2. The highest BCUT2D eigenvalue weighted by Gasteiger charge is 2.40. The van der Waals surface area contributed by atoms with Crippen LogP contribution in [0.1, 0.15) is 45.1 Å². The highest BCUT2D eigenvalue weighted by molar-refractivity contribution is 5.91. The van der Waals surface area contributed by atoms with Gasteiger partial charge in [0.05, 0.1) is 24.5 Å². The van der Waals surface area contributed by atoms with Crippen molar-refractivity contribution in [1.29, 1.82) is 0 Å². The monoisotopic (exact) mass is 479 g/mol. The van der Waals surface area contributed by atoms with Crippen molar-refractivity contribution >= 4 is 11.9 Å². The molecule has 3 aromatic carbocycles. The molecule has 5 rings (SSSR count). The maximum absolute atomic E-state index is 14.0. The zero-order chi connectivity index (χ0) is 25.2. The first-order valence-corrected chi connectivity index (χ1v) is 12.1. The molecule has 36 heavy (non-hydrogen) atoms. The first kappa shape index (κ1) is 23.5. The molecule has 1 aliphatic rings. The number of carboxylic acids is 1. The summed E-state index contributed by atoms with van der Waals surface area (Å²) in [7, 11) is 0. The smallest absolute Gasteiger partial charge is 0.326 e. The number of amides is 1. The van der Waals surface area contributed by atoms with Crippen molar-refractivity contribution in [3.63, 3.8) is 0 Å². The fraction of sp³-hybridized carbons (Fsp3) is 0.233. The Morgan fingerprint density at radius 3 is 2.08 bits per heavy atom. The number of aryl methyl sites for hydroxylation is 2. The van der Waals surface area contributed by atoms with E-state index in [1.165, 1.54) is 16.0 Å². The highest BCUT2D eigenvalue weighted by atomic mass is 16.4. The minimum atomic E-state index is -1.01. The first-order chi connectivity index (χ1) is 17.4. The van der Waals surface area contributed by atoms with Gasteiger partial charge in [0.1, 0.15) is 6.04 Å². The molecule has 1 amide bonds. The van der Waals surface area contributed by atoms with E-state index in [0.717, 1.165) is 28.1 Å². The van der Waals surface area contributed by atoms with Gasteiger partial charge in [-0.2, -0.15) is 0 Å². The fourth-order valence-corrected chi connectivity index (χ4v) is 5.26. The van der Waals surface area contributed by atoms with Crippen LogP contribution < -0.4 is 0 Å². The van der Waals surface area contributed by atoms with Gasteiger partial charge >= 0.3 is 5.97 Å². The van der Waals surface area contributed by atoms with Crippen molar-refractivity contribution in [2.24, 2.45) is 0 Å². The Kier molecular flexibility index (Phi) is 6.42. The molecule has 0 unspecified atom stereocenters. The Hall–Kier alpha value is -4.19. The van der Waals surface area contributed by atoms with Crippen LogP contribution in [-0.2, 0) is 29.1 Å². The molecular formula is C30H29N3O3. The van der Waals surface area contributed by atoms with Crippen LogP contribution in [0.25, 0.3) is 0 Å². The van der Waals surface area contributed by atoms with Gasteiger partial charge < -0.3 is 14.6 Å². The third-order valence-corrected chi connectivity index (χ3v) is 6.83. The lowest BCUT2D eigenvalue weighted by molar-refractivity contribution is -0.151. The number of benzene rings is 3. The zero-order valence-electron chi connectivity index (χ0n) is 20.5. The number of hydrogen-bond donors (Lipinski definition) is 1. The second kappa shape index (κ2) is 9.82. The van der Waals surface area contributed by atoms with Crippen LogP contribution in [0.2, 0.25) is 0 Å². The van der Waals surface area contributed by atoms with Crippen LogP contribution in [0.3, 0.4) is 0 Å². The minimum Gasteiger partial charge on any atom is -0.480 e. The van der Waals surface area contributed by atoms with Gasteiger partial charge in [-0.15, -0.1) is 0 Å². The average Bonchev–Trinajstić information content (AvgIpc) is 3.25. The maximum atomic E-state index is 14.0. The van der Waals surface area contributed by atoms with E-state index in [9.17, 15) is 14.7 Å². The van der Waals surface area contributed by atoms with E-state index in [2.05, 4.69) is 37.0 Å². The molecule has 1 atom stereocenters. The van der Waals surface area contributed by atoms with Crippen LogP contribution in [0.4, 0.5) is 0 Å². The number of carbonyl (C=O) groups is 2. The molecule has 4 aromatic rings. The highest BCUT2D eigenvalue weighted by Crippen LogP contribution is 2.32. The normalized spacial score (nSPS) is 15.1. The molecule has 0 radical (unpaired) electrons. The predicted octanol–water partition coefficient (Wildman–Crippen LogP) is 4.72. The van der Waals surface area contributed by atoms with Crippen molar-refractivity contribution in [2.45, 2.75) is 45.3 Å². The van der Waals surface area contributed by atoms with E-state index in [4.69, 9.17) is 0 Å². The number of hydrogen-bond acceptors (Lipinski definition) is 3. The molecule has 0 spiro atoms. The van der Waals surface area contributed by atoms with Crippen molar-refractivity contribution in [2.75, 3.05) is 0 Å². The van der Waals surface area contributed by atoms with Gasteiger partial charge in [0.2, 0.25) is 5.91 Å². The van der Waals surface area contributed by atoms with Crippen LogP contribution in [0.5, 0.6) is 0 Å². The van der Waals surface area contributed by atoms with Gasteiger partial charge in [-0.05, 0) is 30.5 Å². The standard InChI is InChI=1S/C30H29N3O3/c1-20-13-21(2)15-22(14-20)17-32-19-31-25-18-33(27(30(35)36)16-26(25)32)29(34)28(23-9-5-3-6-10-23)24-11-7-4-8-12-24/h3-15,19,27-28H,16-18H2,1-2H3,(H,35,36)/t27-/m0/s1. The van der Waals surface area contributed by atoms with Crippen LogP contribution in [0.15, 0.2) is 85.2 Å². The van der Waals surface area contributed by atoms with E-state index < -0.39 is 17.9 Å². The minimum absolute atomic E-state index is 0.168. The van der Waals surface area contributed by atoms with Gasteiger partial charge in [0.25, 0.3) is 0 Å². The Morgan fingerprint density at radius 1 is 0.944 bits per heavy atom. The number of rotatable bonds is 6. The van der Waals surface area contributed by atoms with E-state index in [1.54, 1.807) is 6.33 Å². The molecule has 2 heterocycles. The Morgan fingerprint density at radius 2 is 1.53 bits per heavy atom. The molecule has 6 nitrogen and oxygen atoms in total. The lowest BCUT2D eigenvalue weighted by Gasteiger charge is -2.35. The molecule has 0 saturated carbocycles. The van der Waals surface area contributed by atoms with Crippen LogP contribution >= 0.6 is 0 Å². The molecule has 1 N–H and O–H groups in total. The first-order valence-electron chi connectivity index (χ1n) is 12.1. The summed E-state index contributed by atoms with van der Waals surface area (Å²) in [5.74, 6) is -1.82. The topological polar surface area (TPSA) is 75.4 Å². The Balaban J connectivity index is 1.49. The summed E-state index contributed by atoms with van der Waals surface area (Å²) in [5, 5.41) is 10.2. The fourth-order valence-electron chi connectivity index (χ4n) is 5.26. The van der Waals surface area contributed by atoms with Gasteiger partial charge in [-0.25, -0.2) is 9.78 Å². The summed E-state index contributed by atoms with van der Waals surface area (Å²) in [6.07, 6.45) is 1.98. The quantitative estimate of drug-likeness (QED) is 0.434. The SMILES string of the molecule is Cc1cc(C)cc(Cn2cnc3c2C[C@@H](C(=O)O)N(C(=O)C(c2ccccc2)c2ccccc2)C3)c1. The molecular weight excluding hydrogens is 450 g/mol. The summed E-state index contributed by atoms with van der Waals surface area (Å²) >= 11 is 0. The average molecular weight is 480 g/mol. The third kappa shape index (κ3) is 4.67. The van der Waals surface area contributed by atoms with Crippen molar-refractivity contribution in [1.82, 2.24) is 14.5 Å². The van der Waals surface area contributed by atoms with Gasteiger partial charge in [-0.1, -0.05) is 90.0 Å². The van der Waals surface area contributed by atoms with Crippen molar-refractivity contribution < 1.29 is 14.7 Å². The molecule has 6 heteroatoms. The molecule has 1 aromatic heterocycles. The van der Waals surface area contributed by atoms with E-state index >= 15 is 0 Å². The lowest BCUT2D eigenvalue weighted by atomic mass is 9.88. The van der Waals surface area contributed by atoms with Crippen LogP contribution in [0, 0.1) is 13.8 Å². The zero-order valence-corrected chi connectivity index (χ0v) is 20.5. The molecule has 0 saturated heterocycles. The van der Waals surface area contributed by atoms with E-state index in [1.807, 2.05) is 65.2 Å². The number of carbonyl (C=O) groups excluding carboxylic acids is 1. The maximum Gasteiger partial charge on any atom is 0.326 e.